The van der Waals surface area contributed by atoms with Gasteiger partial charge in [0, 0.05) is 49.9 Å². The molecule has 0 N–H and O–H groups in total. The van der Waals surface area contributed by atoms with Crippen molar-refractivity contribution in [2.24, 2.45) is 0 Å². The minimum absolute atomic E-state index is 0.630. The molecule has 1 aromatic heterocycles. The summed E-state index contributed by atoms with van der Waals surface area (Å²) in [4.78, 5) is 9.56. The topological polar surface area (TPSA) is 32.5 Å². The summed E-state index contributed by atoms with van der Waals surface area (Å²) in [5, 5.41) is 0.691. The van der Waals surface area contributed by atoms with Crippen LogP contribution in [0.4, 0.5) is 0 Å². The fourth-order valence-corrected chi connectivity index (χ4v) is 3.50. The van der Waals surface area contributed by atoms with E-state index in [1.165, 1.54) is 5.56 Å². The summed E-state index contributed by atoms with van der Waals surface area (Å²) in [6, 6.07) is 18.3. The minimum Gasteiger partial charge on any atom is -0.444 e. The predicted octanol–water partition coefficient (Wildman–Crippen LogP) is 4.31. The quantitative estimate of drug-likeness (QED) is 0.672. The van der Waals surface area contributed by atoms with Gasteiger partial charge in [0.05, 0.1) is 5.69 Å². The first kappa shape index (κ1) is 17.3. The largest absolute Gasteiger partial charge is 0.444 e. The van der Waals surface area contributed by atoms with Gasteiger partial charge in [0.1, 0.15) is 6.26 Å². The number of piperazine rings is 1. The van der Waals surface area contributed by atoms with Gasteiger partial charge in [0.15, 0.2) is 0 Å². The zero-order valence-electron chi connectivity index (χ0n) is 14.6. The second-order valence-electron chi connectivity index (χ2n) is 6.69. The van der Waals surface area contributed by atoms with Crippen molar-refractivity contribution in [3.8, 4) is 11.5 Å². The van der Waals surface area contributed by atoms with E-state index in [0.29, 0.717) is 10.9 Å². The van der Waals surface area contributed by atoms with Crippen molar-refractivity contribution in [2.75, 3.05) is 26.2 Å². The molecule has 0 atom stereocenters. The van der Waals surface area contributed by atoms with Gasteiger partial charge in [-0.1, -0.05) is 48.0 Å². The fourth-order valence-electron chi connectivity index (χ4n) is 3.31. The molecular weight excluding hydrogens is 346 g/mol. The monoisotopic (exact) mass is 367 g/mol. The van der Waals surface area contributed by atoms with Gasteiger partial charge >= 0.3 is 0 Å². The number of oxazole rings is 1. The molecule has 0 aliphatic carbocycles. The summed E-state index contributed by atoms with van der Waals surface area (Å²) < 4.78 is 5.64. The van der Waals surface area contributed by atoms with Gasteiger partial charge in [-0.2, -0.15) is 0 Å². The number of hydrogen-bond acceptors (Lipinski definition) is 4. The first-order valence-electron chi connectivity index (χ1n) is 8.95. The highest BCUT2D eigenvalue weighted by Crippen LogP contribution is 2.22. The third kappa shape index (κ3) is 4.33. The summed E-state index contributed by atoms with van der Waals surface area (Å²) in [5.74, 6) is 0.630. The molecule has 0 unspecified atom stereocenters. The van der Waals surface area contributed by atoms with E-state index in [2.05, 4.69) is 45.1 Å². The highest BCUT2D eigenvalue weighted by molar-refractivity contribution is 6.30. The molecule has 4 nitrogen and oxygen atoms in total. The maximum atomic E-state index is 6.05. The molecule has 1 aliphatic heterocycles. The highest BCUT2D eigenvalue weighted by Gasteiger charge is 2.18. The van der Waals surface area contributed by atoms with Crippen LogP contribution in [0, 0.1) is 0 Å². The molecule has 0 bridgehead atoms. The van der Waals surface area contributed by atoms with Crippen LogP contribution in [0.25, 0.3) is 11.5 Å². The Balaban J connectivity index is 1.31. The van der Waals surface area contributed by atoms with E-state index >= 15 is 0 Å². The lowest BCUT2D eigenvalue weighted by Crippen LogP contribution is -2.45. The maximum Gasteiger partial charge on any atom is 0.226 e. The summed E-state index contributed by atoms with van der Waals surface area (Å²) in [7, 11) is 0. The molecule has 5 heteroatoms. The highest BCUT2D eigenvalue weighted by atomic mass is 35.5. The smallest absolute Gasteiger partial charge is 0.226 e. The summed E-state index contributed by atoms with van der Waals surface area (Å²) in [6.45, 7) is 6.10. The Morgan fingerprint density at radius 3 is 2.35 bits per heavy atom. The Labute approximate surface area is 159 Å². The van der Waals surface area contributed by atoms with Crippen molar-refractivity contribution in [3.63, 3.8) is 0 Å². The third-order valence-electron chi connectivity index (χ3n) is 4.72. The van der Waals surface area contributed by atoms with Crippen LogP contribution in [0.1, 0.15) is 11.3 Å². The number of nitrogens with zero attached hydrogens (tertiary/aromatic N) is 3. The maximum absolute atomic E-state index is 6.05. The zero-order chi connectivity index (χ0) is 17.8. The molecule has 0 saturated carbocycles. The molecule has 1 aliphatic rings. The van der Waals surface area contributed by atoms with E-state index in [-0.39, 0.29) is 0 Å². The predicted molar refractivity (Wildman–Crippen MR) is 104 cm³/mol. The van der Waals surface area contributed by atoms with Gasteiger partial charge in [-0.05, 0) is 23.8 Å². The number of aromatic nitrogens is 1. The van der Waals surface area contributed by atoms with Crippen molar-refractivity contribution >= 4 is 11.6 Å². The van der Waals surface area contributed by atoms with Crippen LogP contribution < -0.4 is 0 Å². The van der Waals surface area contributed by atoms with Crippen LogP contribution in [0.3, 0.4) is 0 Å². The van der Waals surface area contributed by atoms with Gasteiger partial charge in [0.2, 0.25) is 5.89 Å². The number of benzene rings is 2. The SMILES string of the molecule is Clc1cccc(-c2nc(CN3CCN(Cc4ccccc4)CC3)co2)c1. The summed E-state index contributed by atoms with van der Waals surface area (Å²) >= 11 is 6.05. The van der Waals surface area contributed by atoms with Crippen LogP contribution in [-0.2, 0) is 13.1 Å². The third-order valence-corrected chi connectivity index (χ3v) is 4.96. The molecule has 1 fully saturated rings. The van der Waals surface area contributed by atoms with E-state index in [1.807, 2.05) is 24.3 Å². The van der Waals surface area contributed by atoms with Crippen LogP contribution in [0.5, 0.6) is 0 Å². The van der Waals surface area contributed by atoms with Crippen molar-refractivity contribution in [2.45, 2.75) is 13.1 Å². The molecule has 4 rings (SSSR count). The molecular formula is C21H22ClN3O. The lowest BCUT2D eigenvalue weighted by Gasteiger charge is -2.34. The zero-order valence-corrected chi connectivity index (χ0v) is 15.4. The standard InChI is InChI=1S/C21H22ClN3O/c22-19-8-4-7-18(13-19)21-23-20(16-26-21)15-25-11-9-24(10-12-25)14-17-5-2-1-3-6-17/h1-8,13,16H,9-12,14-15H2. The van der Waals surface area contributed by atoms with Crippen molar-refractivity contribution < 1.29 is 4.42 Å². The lowest BCUT2D eigenvalue weighted by atomic mass is 10.2. The molecule has 3 aromatic rings. The van der Waals surface area contributed by atoms with Crippen LogP contribution in [-0.4, -0.2) is 41.0 Å². The molecule has 26 heavy (non-hydrogen) atoms. The molecule has 2 heterocycles. The number of rotatable bonds is 5. The number of halogens is 1. The Bertz CT molecular complexity index is 841. The van der Waals surface area contributed by atoms with Crippen molar-refractivity contribution in [1.29, 1.82) is 0 Å². The Kier molecular flexibility index (Phi) is 5.34. The lowest BCUT2D eigenvalue weighted by molar-refractivity contribution is 0.121. The molecule has 0 amide bonds. The van der Waals surface area contributed by atoms with E-state index in [9.17, 15) is 0 Å². The molecule has 0 spiro atoms. The second kappa shape index (κ2) is 8.04. The fraction of sp³-hybridized carbons (Fsp3) is 0.286. The molecule has 0 radical (unpaired) electrons. The van der Waals surface area contributed by atoms with E-state index in [4.69, 9.17) is 16.0 Å². The average Bonchev–Trinajstić information content (AvgIpc) is 3.13. The minimum atomic E-state index is 0.630. The van der Waals surface area contributed by atoms with E-state index < -0.39 is 0 Å². The molecule has 1 saturated heterocycles. The van der Waals surface area contributed by atoms with Crippen molar-refractivity contribution in [1.82, 2.24) is 14.8 Å². The van der Waals surface area contributed by atoms with Gasteiger partial charge in [0.25, 0.3) is 0 Å². The first-order chi connectivity index (χ1) is 12.8. The second-order valence-corrected chi connectivity index (χ2v) is 7.13. The number of hydrogen-bond donors (Lipinski definition) is 0. The van der Waals surface area contributed by atoms with Gasteiger partial charge in [-0.25, -0.2) is 4.98 Å². The summed E-state index contributed by atoms with van der Waals surface area (Å²) in [6.07, 6.45) is 1.76. The van der Waals surface area contributed by atoms with Crippen LogP contribution in [0.15, 0.2) is 65.3 Å². The Morgan fingerprint density at radius 2 is 1.62 bits per heavy atom. The molecule has 2 aromatic carbocycles. The van der Waals surface area contributed by atoms with Crippen LogP contribution >= 0.6 is 11.6 Å². The Morgan fingerprint density at radius 1 is 0.885 bits per heavy atom. The van der Waals surface area contributed by atoms with Gasteiger partial charge < -0.3 is 4.42 Å². The average molecular weight is 368 g/mol. The van der Waals surface area contributed by atoms with Gasteiger partial charge in [-0.3, -0.25) is 9.80 Å². The van der Waals surface area contributed by atoms with Gasteiger partial charge in [-0.15, -0.1) is 0 Å². The van der Waals surface area contributed by atoms with Crippen LogP contribution in [0.2, 0.25) is 5.02 Å². The first-order valence-corrected chi connectivity index (χ1v) is 9.33. The van der Waals surface area contributed by atoms with Crippen molar-refractivity contribution in [3.05, 3.63) is 77.1 Å². The normalized spacial score (nSPS) is 16.0. The van der Waals surface area contributed by atoms with E-state index in [1.54, 1.807) is 6.26 Å². The summed E-state index contributed by atoms with van der Waals surface area (Å²) in [5.41, 5.74) is 3.26. The Hall–Kier alpha value is -2.14. The molecule has 134 valence electrons. The van der Waals surface area contributed by atoms with E-state index in [0.717, 1.165) is 50.5 Å².